The van der Waals surface area contributed by atoms with Crippen LogP contribution in [0.2, 0.25) is 0 Å². The maximum absolute atomic E-state index is 6.35. The van der Waals surface area contributed by atoms with Crippen LogP contribution in [-0.2, 0) is 0 Å². The number of nitrogens with two attached hydrogens (primary N) is 1. The van der Waals surface area contributed by atoms with Gasteiger partial charge in [0.15, 0.2) is 0 Å². The molecule has 2 heterocycles. The molecule has 0 bridgehead atoms. The summed E-state index contributed by atoms with van der Waals surface area (Å²) in [7, 11) is 0. The van der Waals surface area contributed by atoms with Crippen LogP contribution in [0, 0.1) is 6.92 Å². The lowest BCUT2D eigenvalue weighted by atomic mass is 10.1. The Morgan fingerprint density at radius 3 is 2.72 bits per heavy atom. The summed E-state index contributed by atoms with van der Waals surface area (Å²) in [6.07, 6.45) is 3.56. The van der Waals surface area contributed by atoms with E-state index in [1.807, 2.05) is 23.7 Å². The van der Waals surface area contributed by atoms with Gasteiger partial charge in [0.2, 0.25) is 0 Å². The Labute approximate surface area is 115 Å². The van der Waals surface area contributed by atoms with Gasteiger partial charge in [0.25, 0.3) is 0 Å². The van der Waals surface area contributed by atoms with Crippen LogP contribution in [0.15, 0.2) is 29.0 Å². The molecule has 0 aliphatic heterocycles. The molecule has 0 aliphatic rings. The van der Waals surface area contributed by atoms with Gasteiger partial charge in [-0.3, -0.25) is 9.67 Å². The predicted octanol–water partition coefficient (Wildman–Crippen LogP) is 2.98. The first kappa shape index (κ1) is 13.2. The molecule has 4 nitrogen and oxygen atoms in total. The summed E-state index contributed by atoms with van der Waals surface area (Å²) in [4.78, 5) is 4.39. The van der Waals surface area contributed by atoms with E-state index < -0.39 is 0 Å². The number of aryl methyl sites for hydroxylation is 1. The lowest BCUT2D eigenvalue weighted by Gasteiger charge is -2.18. The molecule has 0 radical (unpaired) electrons. The van der Waals surface area contributed by atoms with Gasteiger partial charge in [0.1, 0.15) is 0 Å². The average Bonchev–Trinajstić information content (AvgIpc) is 2.71. The highest BCUT2D eigenvalue weighted by Gasteiger charge is 2.21. The molecule has 0 saturated heterocycles. The first-order valence-corrected chi connectivity index (χ1v) is 6.71. The first-order valence-electron chi connectivity index (χ1n) is 5.92. The number of hydrogen-bond donors (Lipinski definition) is 1. The van der Waals surface area contributed by atoms with Gasteiger partial charge in [-0.15, -0.1) is 0 Å². The van der Waals surface area contributed by atoms with Gasteiger partial charge in [0.05, 0.1) is 28.1 Å². The highest BCUT2D eigenvalue weighted by molar-refractivity contribution is 9.10. The van der Waals surface area contributed by atoms with E-state index >= 15 is 0 Å². The van der Waals surface area contributed by atoms with Crippen molar-refractivity contribution < 1.29 is 0 Å². The van der Waals surface area contributed by atoms with Gasteiger partial charge in [-0.05, 0) is 48.3 Å². The summed E-state index contributed by atoms with van der Waals surface area (Å²) in [5, 5.41) is 4.35. The van der Waals surface area contributed by atoms with Gasteiger partial charge in [-0.25, -0.2) is 0 Å². The van der Waals surface area contributed by atoms with Crippen molar-refractivity contribution in [1.82, 2.24) is 14.8 Å². The van der Waals surface area contributed by atoms with E-state index in [9.17, 15) is 0 Å². The molecular formula is C13H17BrN4. The van der Waals surface area contributed by atoms with E-state index in [4.69, 9.17) is 5.73 Å². The second-order valence-electron chi connectivity index (χ2n) is 4.60. The van der Waals surface area contributed by atoms with Gasteiger partial charge in [0, 0.05) is 12.2 Å². The number of aromatic nitrogens is 3. The van der Waals surface area contributed by atoms with Gasteiger partial charge < -0.3 is 5.73 Å². The highest BCUT2D eigenvalue weighted by Crippen LogP contribution is 2.29. The molecule has 2 aromatic rings. The minimum absolute atomic E-state index is 0.265. The van der Waals surface area contributed by atoms with Crippen molar-refractivity contribution in [2.45, 2.75) is 32.9 Å². The Bertz CT molecular complexity index is 548. The third-order valence-corrected chi connectivity index (χ3v) is 3.53. The molecule has 0 aliphatic carbocycles. The van der Waals surface area contributed by atoms with Crippen LogP contribution >= 0.6 is 15.9 Å². The normalized spacial score (nSPS) is 13.0. The predicted molar refractivity (Wildman–Crippen MR) is 75.3 cm³/mol. The number of halogens is 1. The largest absolute Gasteiger partial charge is 0.318 e. The lowest BCUT2D eigenvalue weighted by molar-refractivity contribution is 0.496. The molecule has 2 aromatic heterocycles. The minimum Gasteiger partial charge on any atom is -0.318 e. The summed E-state index contributed by atoms with van der Waals surface area (Å²) >= 11 is 3.52. The van der Waals surface area contributed by atoms with E-state index in [2.05, 4.69) is 39.9 Å². The van der Waals surface area contributed by atoms with E-state index in [1.54, 1.807) is 12.4 Å². The SMILES string of the molecule is Cc1cccnc1C(N)c1c(Br)cnn1C(C)C. The third-order valence-electron chi connectivity index (χ3n) is 2.92. The Kier molecular flexibility index (Phi) is 3.82. The van der Waals surface area contributed by atoms with E-state index in [1.165, 1.54) is 0 Å². The maximum atomic E-state index is 6.35. The molecule has 0 spiro atoms. The summed E-state index contributed by atoms with van der Waals surface area (Å²) in [5.41, 5.74) is 9.29. The standard InChI is InChI=1S/C13H17BrN4/c1-8(2)18-13(10(14)7-17-18)11(15)12-9(3)5-4-6-16-12/h4-8,11H,15H2,1-3H3. The van der Waals surface area contributed by atoms with Crippen molar-refractivity contribution in [3.05, 3.63) is 46.0 Å². The Hall–Kier alpha value is -1.20. The monoisotopic (exact) mass is 308 g/mol. The molecule has 18 heavy (non-hydrogen) atoms. The van der Waals surface area contributed by atoms with Crippen LogP contribution in [0.3, 0.4) is 0 Å². The van der Waals surface area contributed by atoms with Gasteiger partial charge in [-0.1, -0.05) is 6.07 Å². The minimum atomic E-state index is -0.273. The molecule has 0 fully saturated rings. The molecule has 5 heteroatoms. The Morgan fingerprint density at radius 1 is 1.39 bits per heavy atom. The first-order chi connectivity index (χ1) is 8.52. The zero-order chi connectivity index (χ0) is 13.3. The van der Waals surface area contributed by atoms with Gasteiger partial charge >= 0.3 is 0 Å². The summed E-state index contributed by atoms with van der Waals surface area (Å²) < 4.78 is 2.86. The van der Waals surface area contributed by atoms with Crippen LogP contribution in [0.1, 0.15) is 42.9 Å². The van der Waals surface area contributed by atoms with Crippen molar-refractivity contribution in [2.24, 2.45) is 5.73 Å². The van der Waals surface area contributed by atoms with E-state index in [0.29, 0.717) is 0 Å². The maximum Gasteiger partial charge on any atom is 0.0911 e. The van der Waals surface area contributed by atoms with Gasteiger partial charge in [-0.2, -0.15) is 5.10 Å². The summed E-state index contributed by atoms with van der Waals surface area (Å²) in [5.74, 6) is 0. The second kappa shape index (κ2) is 5.20. The fourth-order valence-electron chi connectivity index (χ4n) is 2.01. The number of pyridine rings is 1. The van der Waals surface area contributed by atoms with Crippen LogP contribution < -0.4 is 5.73 Å². The van der Waals surface area contributed by atoms with E-state index in [-0.39, 0.29) is 12.1 Å². The quantitative estimate of drug-likeness (QED) is 0.948. The van der Waals surface area contributed by atoms with Crippen LogP contribution in [0.4, 0.5) is 0 Å². The van der Waals surface area contributed by atoms with Crippen molar-refractivity contribution in [3.63, 3.8) is 0 Å². The average molecular weight is 309 g/mol. The molecule has 0 aromatic carbocycles. The lowest BCUT2D eigenvalue weighted by Crippen LogP contribution is -2.21. The fourth-order valence-corrected chi connectivity index (χ4v) is 2.53. The van der Waals surface area contributed by atoms with Crippen molar-refractivity contribution in [3.8, 4) is 0 Å². The second-order valence-corrected chi connectivity index (χ2v) is 5.45. The van der Waals surface area contributed by atoms with Crippen molar-refractivity contribution in [1.29, 1.82) is 0 Å². The highest BCUT2D eigenvalue weighted by atomic mass is 79.9. The molecular weight excluding hydrogens is 292 g/mol. The number of rotatable bonds is 3. The molecule has 0 amide bonds. The molecule has 0 saturated carbocycles. The van der Waals surface area contributed by atoms with Crippen LogP contribution in [0.25, 0.3) is 0 Å². The fraction of sp³-hybridized carbons (Fsp3) is 0.385. The summed E-state index contributed by atoms with van der Waals surface area (Å²) in [6, 6.07) is 3.93. The number of hydrogen-bond acceptors (Lipinski definition) is 3. The zero-order valence-corrected chi connectivity index (χ0v) is 12.3. The molecule has 2 rings (SSSR count). The number of nitrogens with zero attached hydrogens (tertiary/aromatic N) is 3. The van der Waals surface area contributed by atoms with Crippen molar-refractivity contribution >= 4 is 15.9 Å². The third kappa shape index (κ3) is 2.33. The van der Waals surface area contributed by atoms with Crippen LogP contribution in [-0.4, -0.2) is 14.8 Å². The molecule has 1 atom stereocenters. The van der Waals surface area contributed by atoms with Crippen molar-refractivity contribution in [2.75, 3.05) is 0 Å². The Morgan fingerprint density at radius 2 is 2.11 bits per heavy atom. The molecule has 2 N–H and O–H groups in total. The topological polar surface area (TPSA) is 56.7 Å². The Balaban J connectivity index is 2.49. The van der Waals surface area contributed by atoms with E-state index in [0.717, 1.165) is 21.4 Å². The smallest absolute Gasteiger partial charge is 0.0911 e. The summed E-state index contributed by atoms with van der Waals surface area (Å²) in [6.45, 7) is 6.19. The van der Waals surface area contributed by atoms with Crippen LogP contribution in [0.5, 0.6) is 0 Å². The molecule has 1 unspecified atom stereocenters. The zero-order valence-electron chi connectivity index (χ0n) is 10.8. The molecule has 96 valence electrons.